The predicted molar refractivity (Wildman–Crippen MR) is 71.3 cm³/mol. The van der Waals surface area contributed by atoms with Crippen molar-refractivity contribution in [1.82, 2.24) is 9.55 Å². The number of hydrogen-bond donors (Lipinski definition) is 1. The van der Waals surface area contributed by atoms with E-state index < -0.39 is 0 Å². The van der Waals surface area contributed by atoms with Crippen molar-refractivity contribution in [1.29, 1.82) is 5.26 Å². The quantitative estimate of drug-likeness (QED) is 0.507. The van der Waals surface area contributed by atoms with Crippen molar-refractivity contribution in [2.45, 2.75) is 19.4 Å². The molecule has 1 heterocycles. The van der Waals surface area contributed by atoms with Crippen LogP contribution in [-0.2, 0) is 6.54 Å². The maximum atomic E-state index is 8.90. The zero-order valence-corrected chi connectivity index (χ0v) is 10.3. The summed E-state index contributed by atoms with van der Waals surface area (Å²) < 4.78 is 2.74. The fourth-order valence-electron chi connectivity index (χ4n) is 1.84. The van der Waals surface area contributed by atoms with Gasteiger partial charge in [-0.25, -0.2) is 0 Å². The number of benzene rings is 1. The van der Waals surface area contributed by atoms with Crippen LogP contribution in [0.25, 0.3) is 11.0 Å². The summed E-state index contributed by atoms with van der Waals surface area (Å²) in [4.78, 5) is 3.15. The minimum absolute atomic E-state index is 0.656. The van der Waals surface area contributed by atoms with Crippen molar-refractivity contribution in [3.63, 3.8) is 0 Å². The van der Waals surface area contributed by atoms with Crippen LogP contribution in [0, 0.1) is 16.1 Å². The van der Waals surface area contributed by atoms with Gasteiger partial charge in [0, 0.05) is 6.54 Å². The first-order chi connectivity index (χ1) is 8.26. The standard InChI is InChI=1S/C13H13N3S/c1-2-3-4-7-16-12-8-10(9-14)5-6-11(12)15-13(16)17/h2,5-6,8H,1,3-4,7H2,(H,15,17). The second-order valence-corrected chi connectivity index (χ2v) is 4.24. The minimum atomic E-state index is 0.656. The number of H-pyrrole nitrogens is 1. The molecule has 0 saturated heterocycles. The maximum absolute atomic E-state index is 8.90. The molecule has 1 aromatic heterocycles. The van der Waals surface area contributed by atoms with Crippen molar-refractivity contribution in [3.05, 3.63) is 41.2 Å². The van der Waals surface area contributed by atoms with Gasteiger partial charge in [0.1, 0.15) is 0 Å². The number of unbranched alkanes of at least 4 members (excludes halogenated alkanes) is 1. The predicted octanol–water partition coefficient (Wildman–Crippen LogP) is 3.54. The van der Waals surface area contributed by atoms with Crippen LogP contribution in [0.15, 0.2) is 30.9 Å². The van der Waals surface area contributed by atoms with Crippen LogP contribution < -0.4 is 0 Å². The lowest BCUT2D eigenvalue weighted by molar-refractivity contribution is 0.659. The third kappa shape index (κ3) is 2.29. The maximum Gasteiger partial charge on any atom is 0.178 e. The fraction of sp³-hybridized carbons (Fsp3) is 0.231. The van der Waals surface area contributed by atoms with Crippen LogP contribution in [-0.4, -0.2) is 9.55 Å². The molecule has 0 amide bonds. The number of aromatic amines is 1. The van der Waals surface area contributed by atoms with Crippen LogP contribution in [0.3, 0.4) is 0 Å². The SMILES string of the molecule is C=CCCCn1c(=S)[nH]c2ccc(C#N)cc21. The molecule has 1 aromatic carbocycles. The molecule has 0 spiro atoms. The van der Waals surface area contributed by atoms with Crippen LogP contribution >= 0.6 is 12.2 Å². The molecule has 0 aliphatic rings. The third-order valence-electron chi connectivity index (χ3n) is 2.69. The topological polar surface area (TPSA) is 44.5 Å². The molecule has 0 aliphatic heterocycles. The van der Waals surface area contributed by atoms with E-state index in [2.05, 4.69) is 17.6 Å². The van der Waals surface area contributed by atoms with Gasteiger partial charge in [0.05, 0.1) is 22.7 Å². The molecule has 2 aromatic rings. The van der Waals surface area contributed by atoms with E-state index in [1.54, 1.807) is 6.07 Å². The first-order valence-electron chi connectivity index (χ1n) is 5.50. The lowest BCUT2D eigenvalue weighted by atomic mass is 10.2. The van der Waals surface area contributed by atoms with E-state index in [-0.39, 0.29) is 0 Å². The molecule has 86 valence electrons. The molecule has 0 aliphatic carbocycles. The Balaban J connectivity index is 2.46. The van der Waals surface area contributed by atoms with Gasteiger partial charge < -0.3 is 9.55 Å². The summed E-state index contributed by atoms with van der Waals surface area (Å²) in [5.41, 5.74) is 2.63. The number of rotatable bonds is 4. The summed E-state index contributed by atoms with van der Waals surface area (Å²) in [5, 5.41) is 8.90. The highest BCUT2D eigenvalue weighted by Gasteiger charge is 2.04. The summed E-state index contributed by atoms with van der Waals surface area (Å²) in [6.07, 6.45) is 3.87. The third-order valence-corrected chi connectivity index (χ3v) is 3.02. The molecule has 3 nitrogen and oxygen atoms in total. The van der Waals surface area contributed by atoms with E-state index in [0.717, 1.165) is 30.4 Å². The molecule has 0 radical (unpaired) electrons. The average Bonchev–Trinajstić information content (AvgIpc) is 2.65. The van der Waals surface area contributed by atoms with Crippen molar-refractivity contribution >= 4 is 23.3 Å². The number of nitriles is 1. The van der Waals surface area contributed by atoms with Gasteiger partial charge in [-0.3, -0.25) is 0 Å². The van der Waals surface area contributed by atoms with E-state index in [4.69, 9.17) is 17.5 Å². The minimum Gasteiger partial charge on any atom is -0.331 e. The second kappa shape index (κ2) is 4.98. The van der Waals surface area contributed by atoms with Crippen molar-refractivity contribution in [2.24, 2.45) is 0 Å². The van der Waals surface area contributed by atoms with Crippen molar-refractivity contribution in [3.8, 4) is 6.07 Å². The number of allylic oxidation sites excluding steroid dienone is 1. The Morgan fingerprint density at radius 2 is 2.35 bits per heavy atom. The van der Waals surface area contributed by atoms with Gasteiger partial charge in [-0.2, -0.15) is 5.26 Å². The van der Waals surface area contributed by atoms with E-state index in [1.165, 1.54) is 0 Å². The average molecular weight is 243 g/mol. The number of hydrogen-bond acceptors (Lipinski definition) is 2. The van der Waals surface area contributed by atoms with E-state index in [0.29, 0.717) is 10.3 Å². The molecule has 0 atom stereocenters. The number of nitrogens with zero attached hydrogens (tertiary/aromatic N) is 2. The molecule has 0 saturated carbocycles. The Bertz CT molecular complexity index is 643. The first-order valence-corrected chi connectivity index (χ1v) is 5.90. The Labute approximate surface area is 105 Å². The molecule has 0 unspecified atom stereocenters. The van der Waals surface area contributed by atoms with Crippen LogP contribution in [0.2, 0.25) is 0 Å². The molecule has 1 N–H and O–H groups in total. The van der Waals surface area contributed by atoms with Gasteiger partial charge in [-0.05, 0) is 43.3 Å². The highest BCUT2D eigenvalue weighted by Crippen LogP contribution is 2.16. The van der Waals surface area contributed by atoms with Gasteiger partial charge in [0.25, 0.3) is 0 Å². The van der Waals surface area contributed by atoms with E-state index in [9.17, 15) is 0 Å². The number of nitrogens with one attached hydrogen (secondary N) is 1. The van der Waals surface area contributed by atoms with Gasteiger partial charge in [0.15, 0.2) is 4.77 Å². The summed E-state index contributed by atoms with van der Waals surface area (Å²) in [7, 11) is 0. The lowest BCUT2D eigenvalue weighted by Crippen LogP contribution is -1.97. The largest absolute Gasteiger partial charge is 0.331 e. The first kappa shape index (κ1) is 11.6. The van der Waals surface area contributed by atoms with Gasteiger partial charge >= 0.3 is 0 Å². The smallest absolute Gasteiger partial charge is 0.178 e. The summed E-state index contributed by atoms with van der Waals surface area (Å²) >= 11 is 5.28. The number of imidazole rings is 1. The molecule has 0 fully saturated rings. The van der Waals surface area contributed by atoms with E-state index >= 15 is 0 Å². The molecular weight excluding hydrogens is 230 g/mol. The van der Waals surface area contributed by atoms with Gasteiger partial charge in [-0.1, -0.05) is 6.08 Å². The van der Waals surface area contributed by atoms with Crippen LogP contribution in [0.5, 0.6) is 0 Å². The monoisotopic (exact) mass is 243 g/mol. The summed E-state index contributed by atoms with van der Waals surface area (Å²) in [6, 6.07) is 7.71. The summed E-state index contributed by atoms with van der Waals surface area (Å²) in [6.45, 7) is 4.55. The van der Waals surface area contributed by atoms with E-state index in [1.807, 2.05) is 22.8 Å². The molecule has 2 rings (SSSR count). The zero-order valence-electron chi connectivity index (χ0n) is 9.44. The Kier molecular flexibility index (Phi) is 3.40. The highest BCUT2D eigenvalue weighted by atomic mass is 32.1. The Hall–Kier alpha value is -1.86. The Morgan fingerprint density at radius 1 is 1.53 bits per heavy atom. The lowest BCUT2D eigenvalue weighted by Gasteiger charge is -2.02. The van der Waals surface area contributed by atoms with Crippen LogP contribution in [0.1, 0.15) is 18.4 Å². The van der Waals surface area contributed by atoms with Crippen LogP contribution in [0.4, 0.5) is 0 Å². The highest BCUT2D eigenvalue weighted by molar-refractivity contribution is 7.71. The van der Waals surface area contributed by atoms with Gasteiger partial charge in [-0.15, -0.1) is 6.58 Å². The van der Waals surface area contributed by atoms with Gasteiger partial charge in [0.2, 0.25) is 0 Å². The summed E-state index contributed by atoms with van der Waals surface area (Å²) in [5.74, 6) is 0. The number of aromatic nitrogens is 2. The molecule has 17 heavy (non-hydrogen) atoms. The zero-order chi connectivity index (χ0) is 12.3. The normalized spacial score (nSPS) is 10.3. The number of fused-ring (bicyclic) bond motifs is 1. The second-order valence-electron chi connectivity index (χ2n) is 3.86. The Morgan fingerprint density at radius 3 is 3.06 bits per heavy atom. The molecule has 0 bridgehead atoms. The van der Waals surface area contributed by atoms with Crippen molar-refractivity contribution < 1.29 is 0 Å². The van der Waals surface area contributed by atoms with Crippen molar-refractivity contribution in [2.75, 3.05) is 0 Å². The number of aryl methyl sites for hydroxylation is 1. The fourth-order valence-corrected chi connectivity index (χ4v) is 2.14. The molecular formula is C13H13N3S. The molecule has 4 heteroatoms.